The van der Waals surface area contributed by atoms with Crippen LogP contribution in [-0.4, -0.2) is 11.6 Å². The number of Topliss-reactive ketones (excluding diaryl/α,β-unsaturated/α-hetero) is 1. The number of benzene rings is 1. The number of hydrogen-bond acceptors (Lipinski definition) is 2. The molecule has 0 N–H and O–H groups in total. The van der Waals surface area contributed by atoms with Crippen molar-refractivity contribution in [2.75, 3.05) is 0 Å². The normalized spacial score (nSPS) is 15.2. The van der Waals surface area contributed by atoms with E-state index < -0.39 is 11.5 Å². The molecular formula is C10H5NO2. The summed E-state index contributed by atoms with van der Waals surface area (Å²) in [5, 5.41) is 0. The van der Waals surface area contributed by atoms with Crippen molar-refractivity contribution in [1.29, 1.82) is 0 Å². The topological polar surface area (TPSA) is 56.4 Å². The molecule has 1 aromatic carbocycles. The fourth-order valence-electron chi connectivity index (χ4n) is 1.30. The summed E-state index contributed by atoms with van der Waals surface area (Å²) in [5.74, 6) is -0.817. The van der Waals surface area contributed by atoms with Crippen molar-refractivity contribution in [1.82, 2.24) is 5.73 Å². The predicted octanol–water partition coefficient (Wildman–Crippen LogP) is 1.02. The zero-order valence-electron chi connectivity index (χ0n) is 6.65. The van der Waals surface area contributed by atoms with Gasteiger partial charge in [0.05, 0.1) is 0 Å². The molecule has 0 amide bonds. The van der Waals surface area contributed by atoms with Gasteiger partial charge in [-0.3, -0.25) is 9.59 Å². The van der Waals surface area contributed by atoms with Crippen molar-refractivity contribution in [2.24, 2.45) is 0 Å². The third-order valence-corrected chi connectivity index (χ3v) is 1.94. The van der Waals surface area contributed by atoms with E-state index in [-0.39, 0.29) is 11.3 Å². The summed E-state index contributed by atoms with van der Waals surface area (Å²) < 4.78 is 0. The fourth-order valence-corrected chi connectivity index (χ4v) is 1.30. The molecule has 1 aliphatic rings. The van der Waals surface area contributed by atoms with E-state index in [9.17, 15) is 9.59 Å². The van der Waals surface area contributed by atoms with E-state index >= 15 is 0 Å². The maximum absolute atomic E-state index is 11.3. The molecule has 1 aromatic rings. The summed E-state index contributed by atoms with van der Waals surface area (Å²) in [6.07, 6.45) is 0.949. The van der Waals surface area contributed by atoms with Crippen molar-refractivity contribution in [3.63, 3.8) is 0 Å². The second-order valence-corrected chi connectivity index (χ2v) is 2.77. The van der Waals surface area contributed by atoms with Crippen molar-refractivity contribution in [2.45, 2.75) is 0 Å². The minimum absolute atomic E-state index is 0.271. The Morgan fingerprint density at radius 1 is 1.00 bits per heavy atom. The van der Waals surface area contributed by atoms with Gasteiger partial charge >= 0.3 is 0 Å². The Morgan fingerprint density at radius 3 is 2.31 bits per heavy atom. The van der Waals surface area contributed by atoms with Gasteiger partial charge in [-0.05, 0) is 0 Å². The second kappa shape index (κ2) is 2.55. The molecule has 0 saturated heterocycles. The highest BCUT2D eigenvalue weighted by molar-refractivity contribution is 6.23. The number of rotatable bonds is 0. The molecule has 2 rings (SSSR count). The van der Waals surface area contributed by atoms with E-state index in [4.69, 9.17) is 5.73 Å². The van der Waals surface area contributed by atoms with E-state index in [1.165, 1.54) is 6.07 Å². The largest absolute Gasteiger partial charge is 0.289 e. The third-order valence-electron chi connectivity index (χ3n) is 1.94. The lowest BCUT2D eigenvalue weighted by molar-refractivity contribution is 0.0982. The van der Waals surface area contributed by atoms with Crippen LogP contribution in [0.2, 0.25) is 0 Å². The molecule has 0 bridgehead atoms. The molecule has 1 aliphatic carbocycles. The Morgan fingerprint density at radius 2 is 1.62 bits per heavy atom. The SMILES string of the molecule is [N]C1=CC(=O)c2ccccc2C1=O. The Kier molecular flexibility index (Phi) is 1.52. The number of carbonyl (C=O) groups is 2. The lowest BCUT2D eigenvalue weighted by Crippen LogP contribution is -2.17. The van der Waals surface area contributed by atoms with E-state index in [1.807, 2.05) is 0 Å². The molecule has 62 valence electrons. The second-order valence-electron chi connectivity index (χ2n) is 2.77. The number of hydrogen-bond donors (Lipinski definition) is 0. The molecule has 13 heavy (non-hydrogen) atoms. The number of fused-ring (bicyclic) bond motifs is 1. The average Bonchev–Trinajstić information content (AvgIpc) is 2.15. The van der Waals surface area contributed by atoms with Crippen LogP contribution >= 0.6 is 0 Å². The summed E-state index contributed by atoms with van der Waals surface area (Å²) in [4.78, 5) is 22.5. The lowest BCUT2D eigenvalue weighted by Gasteiger charge is -2.09. The smallest absolute Gasteiger partial charge is 0.214 e. The molecule has 0 fully saturated rings. The Bertz CT molecular complexity index is 432. The first-order valence-electron chi connectivity index (χ1n) is 3.79. The molecule has 2 radical (unpaired) electrons. The van der Waals surface area contributed by atoms with Crippen LogP contribution in [0, 0.1) is 0 Å². The Balaban J connectivity index is 2.69. The average molecular weight is 171 g/mol. The first-order chi connectivity index (χ1) is 6.20. The number of nitrogens with zero attached hydrogens (tertiary/aromatic N) is 1. The van der Waals surface area contributed by atoms with Crippen molar-refractivity contribution in [3.8, 4) is 0 Å². The van der Waals surface area contributed by atoms with Crippen LogP contribution in [0.15, 0.2) is 36.0 Å². The highest BCUT2D eigenvalue weighted by Crippen LogP contribution is 2.18. The minimum Gasteiger partial charge on any atom is -0.289 e. The van der Waals surface area contributed by atoms with Crippen LogP contribution in [-0.2, 0) is 0 Å². The van der Waals surface area contributed by atoms with Gasteiger partial charge in [-0.25, -0.2) is 0 Å². The molecular weight excluding hydrogens is 166 g/mol. The van der Waals surface area contributed by atoms with E-state index in [2.05, 4.69) is 0 Å². The predicted molar refractivity (Wildman–Crippen MR) is 45.3 cm³/mol. The van der Waals surface area contributed by atoms with Gasteiger partial charge in [0.25, 0.3) is 0 Å². The molecule has 0 atom stereocenters. The quantitative estimate of drug-likeness (QED) is 0.585. The summed E-state index contributed by atoms with van der Waals surface area (Å²) >= 11 is 0. The van der Waals surface area contributed by atoms with E-state index in [1.54, 1.807) is 18.2 Å². The maximum atomic E-state index is 11.3. The van der Waals surface area contributed by atoms with Crippen LogP contribution in [0.3, 0.4) is 0 Å². The molecule has 0 heterocycles. The number of allylic oxidation sites excluding steroid dienone is 2. The zero-order chi connectivity index (χ0) is 9.42. The first-order valence-corrected chi connectivity index (χ1v) is 3.79. The lowest BCUT2D eigenvalue weighted by atomic mass is 9.93. The Labute approximate surface area is 74.9 Å². The van der Waals surface area contributed by atoms with Crippen LogP contribution in [0.1, 0.15) is 20.7 Å². The molecule has 3 nitrogen and oxygen atoms in total. The maximum Gasteiger partial charge on any atom is 0.214 e. The van der Waals surface area contributed by atoms with Crippen molar-refractivity contribution < 1.29 is 9.59 Å². The molecule has 0 aromatic heterocycles. The van der Waals surface area contributed by atoms with Gasteiger partial charge < -0.3 is 0 Å². The molecule has 0 aliphatic heterocycles. The van der Waals surface area contributed by atoms with Gasteiger partial charge in [0, 0.05) is 17.2 Å². The molecule has 3 heteroatoms. The van der Waals surface area contributed by atoms with Crippen LogP contribution in [0.4, 0.5) is 0 Å². The van der Waals surface area contributed by atoms with Gasteiger partial charge in [0.15, 0.2) is 5.78 Å². The van der Waals surface area contributed by atoms with Gasteiger partial charge in [-0.1, -0.05) is 24.3 Å². The zero-order valence-corrected chi connectivity index (χ0v) is 6.65. The monoisotopic (exact) mass is 171 g/mol. The van der Waals surface area contributed by atoms with Crippen molar-refractivity contribution in [3.05, 3.63) is 47.2 Å². The van der Waals surface area contributed by atoms with E-state index in [0.29, 0.717) is 5.56 Å². The summed E-state index contributed by atoms with van der Waals surface area (Å²) in [6, 6.07) is 6.43. The fraction of sp³-hybridized carbons (Fsp3) is 0. The molecule has 0 saturated carbocycles. The summed E-state index contributed by atoms with van der Waals surface area (Å²) in [6.45, 7) is 0. The number of carbonyl (C=O) groups excluding carboxylic acids is 2. The van der Waals surface area contributed by atoms with Gasteiger partial charge in [-0.2, -0.15) is 0 Å². The van der Waals surface area contributed by atoms with Crippen LogP contribution < -0.4 is 5.73 Å². The number of ketones is 2. The molecule has 0 unspecified atom stereocenters. The van der Waals surface area contributed by atoms with Crippen LogP contribution in [0.25, 0.3) is 0 Å². The summed E-state index contributed by atoms with van der Waals surface area (Å²) in [7, 11) is 0. The first kappa shape index (κ1) is 7.73. The van der Waals surface area contributed by atoms with Crippen molar-refractivity contribution >= 4 is 11.6 Å². The highest BCUT2D eigenvalue weighted by Gasteiger charge is 2.23. The highest BCUT2D eigenvalue weighted by atomic mass is 16.1. The standard InChI is InChI=1S/C10H5NO2/c11-8-5-9(12)6-3-1-2-4-7(6)10(8)13/h1-5H. The van der Waals surface area contributed by atoms with Crippen LogP contribution in [0.5, 0.6) is 0 Å². The minimum atomic E-state index is -0.491. The van der Waals surface area contributed by atoms with Gasteiger partial charge in [-0.15, -0.1) is 5.73 Å². The summed E-state index contributed by atoms with van der Waals surface area (Å²) in [5.41, 5.74) is 9.23. The third kappa shape index (κ3) is 1.05. The van der Waals surface area contributed by atoms with Gasteiger partial charge in [0.1, 0.15) is 5.70 Å². The molecule has 0 spiro atoms. The Hall–Kier alpha value is -1.90. The van der Waals surface area contributed by atoms with E-state index in [0.717, 1.165) is 6.08 Å². The van der Waals surface area contributed by atoms with Gasteiger partial charge in [0.2, 0.25) is 5.78 Å².